The maximum atomic E-state index is 13.3. The highest BCUT2D eigenvalue weighted by molar-refractivity contribution is 5.91. The van der Waals surface area contributed by atoms with Gasteiger partial charge in [0.05, 0.1) is 18.8 Å². The van der Waals surface area contributed by atoms with Gasteiger partial charge in [0.15, 0.2) is 0 Å². The van der Waals surface area contributed by atoms with E-state index in [1.165, 1.54) is 17.9 Å². The van der Waals surface area contributed by atoms with Crippen molar-refractivity contribution in [3.63, 3.8) is 0 Å². The second-order valence-corrected chi connectivity index (χ2v) is 8.37. The van der Waals surface area contributed by atoms with Crippen LogP contribution in [0.25, 0.3) is 0 Å². The number of alkyl halides is 3. The molecule has 1 fully saturated rings. The molecule has 2 heterocycles. The molecule has 0 bridgehead atoms. The van der Waals surface area contributed by atoms with Gasteiger partial charge in [-0.1, -0.05) is 54.9 Å². The van der Waals surface area contributed by atoms with Crippen molar-refractivity contribution in [2.45, 2.75) is 86.0 Å². The standard InChI is InChI=1S/C16H15F4N5O3.C4H10.C3H8.C2H6/c17-10-4-9(6-22-7-10)11(5-21)24-14(27)12-2-1-3-25(12)13(26)8-23-15(28)16(18,19)20;1-4(2)3;1-3-2;1-2/h4,6-7,11-12H,1-3,8H2,(H,23,28)(H,24,27);4H,1-3H3;3H2,1-2H3;1-2H3. The average molecular weight is 534 g/mol. The number of rotatable bonds is 5. The molecule has 37 heavy (non-hydrogen) atoms. The quantitative estimate of drug-likeness (QED) is 0.534. The molecule has 1 saturated heterocycles. The second-order valence-electron chi connectivity index (χ2n) is 8.37. The van der Waals surface area contributed by atoms with Crippen LogP contribution in [-0.4, -0.2) is 52.9 Å². The Morgan fingerprint density at radius 2 is 1.73 bits per heavy atom. The van der Waals surface area contributed by atoms with E-state index in [0.29, 0.717) is 6.42 Å². The topological polar surface area (TPSA) is 115 Å². The highest BCUT2D eigenvalue weighted by Gasteiger charge is 2.40. The molecule has 12 heteroatoms. The van der Waals surface area contributed by atoms with Crippen LogP contribution in [0, 0.1) is 23.1 Å². The Morgan fingerprint density at radius 1 is 1.19 bits per heavy atom. The molecule has 1 aliphatic heterocycles. The molecule has 0 radical (unpaired) electrons. The van der Waals surface area contributed by atoms with Crippen LogP contribution < -0.4 is 10.6 Å². The number of halogens is 4. The number of pyridine rings is 1. The van der Waals surface area contributed by atoms with Crippen molar-refractivity contribution in [3.05, 3.63) is 29.8 Å². The van der Waals surface area contributed by atoms with E-state index in [4.69, 9.17) is 0 Å². The predicted molar refractivity (Wildman–Crippen MR) is 132 cm³/mol. The number of amides is 3. The molecule has 2 atom stereocenters. The smallest absolute Gasteiger partial charge is 0.339 e. The fraction of sp³-hybridized carbons (Fsp3) is 0.640. The number of carbonyl (C=O) groups is 3. The van der Waals surface area contributed by atoms with Crippen molar-refractivity contribution in [1.29, 1.82) is 5.26 Å². The van der Waals surface area contributed by atoms with Crippen LogP contribution >= 0.6 is 0 Å². The van der Waals surface area contributed by atoms with E-state index in [9.17, 15) is 37.2 Å². The lowest BCUT2D eigenvalue weighted by Gasteiger charge is -2.25. The third-order valence-electron chi connectivity index (χ3n) is 4.01. The lowest BCUT2D eigenvalue weighted by molar-refractivity contribution is -0.174. The van der Waals surface area contributed by atoms with E-state index in [-0.39, 0.29) is 18.5 Å². The van der Waals surface area contributed by atoms with E-state index in [1.807, 2.05) is 13.8 Å². The normalized spacial score (nSPS) is 14.9. The maximum Gasteiger partial charge on any atom is 0.471 e. The first-order valence-electron chi connectivity index (χ1n) is 12.2. The molecule has 8 nitrogen and oxygen atoms in total. The molecular weight excluding hydrogens is 494 g/mol. The summed E-state index contributed by atoms with van der Waals surface area (Å²) < 4.78 is 49.8. The second kappa shape index (κ2) is 19.0. The van der Waals surface area contributed by atoms with Crippen LogP contribution in [0.5, 0.6) is 0 Å². The summed E-state index contributed by atoms with van der Waals surface area (Å²) >= 11 is 0. The zero-order chi connectivity index (χ0) is 29.2. The van der Waals surface area contributed by atoms with Crippen LogP contribution in [0.1, 0.15) is 79.3 Å². The van der Waals surface area contributed by atoms with Crippen LogP contribution in [0.15, 0.2) is 18.5 Å². The molecule has 1 aliphatic rings. The Bertz CT molecular complexity index is 870. The van der Waals surface area contributed by atoms with E-state index >= 15 is 0 Å². The zero-order valence-electron chi connectivity index (χ0n) is 22.6. The monoisotopic (exact) mass is 533 g/mol. The fourth-order valence-electron chi connectivity index (χ4n) is 2.71. The number of likely N-dealkylation sites (tertiary alicyclic amines) is 1. The summed E-state index contributed by atoms with van der Waals surface area (Å²) in [6, 6.07) is 0.551. The van der Waals surface area contributed by atoms with Gasteiger partial charge in [0.1, 0.15) is 17.9 Å². The lowest BCUT2D eigenvalue weighted by atomic mass is 10.1. The van der Waals surface area contributed by atoms with Gasteiger partial charge in [0.25, 0.3) is 0 Å². The zero-order valence-corrected chi connectivity index (χ0v) is 22.6. The minimum absolute atomic E-state index is 0.101. The van der Waals surface area contributed by atoms with E-state index in [0.717, 1.165) is 23.1 Å². The van der Waals surface area contributed by atoms with Crippen LogP contribution in [0.4, 0.5) is 17.6 Å². The fourth-order valence-corrected chi connectivity index (χ4v) is 2.71. The van der Waals surface area contributed by atoms with E-state index < -0.39 is 48.3 Å². The van der Waals surface area contributed by atoms with Gasteiger partial charge < -0.3 is 15.5 Å². The summed E-state index contributed by atoms with van der Waals surface area (Å²) in [4.78, 5) is 40.0. The molecule has 0 aromatic carbocycles. The highest BCUT2D eigenvalue weighted by atomic mass is 19.4. The third kappa shape index (κ3) is 14.8. The number of nitriles is 1. The molecular formula is C25H39F4N5O3. The van der Waals surface area contributed by atoms with Crippen LogP contribution in [0.3, 0.4) is 0 Å². The van der Waals surface area contributed by atoms with Crippen molar-refractivity contribution in [3.8, 4) is 6.07 Å². The van der Waals surface area contributed by atoms with Gasteiger partial charge in [-0.3, -0.25) is 19.4 Å². The van der Waals surface area contributed by atoms with Gasteiger partial charge >= 0.3 is 12.1 Å². The average Bonchev–Trinajstić information content (AvgIpc) is 3.32. The van der Waals surface area contributed by atoms with E-state index in [1.54, 1.807) is 6.07 Å². The number of hydrogen-bond donors (Lipinski definition) is 2. The molecule has 3 amide bonds. The van der Waals surface area contributed by atoms with Gasteiger partial charge in [-0.2, -0.15) is 18.4 Å². The predicted octanol–water partition coefficient (Wildman–Crippen LogP) is 4.68. The van der Waals surface area contributed by atoms with Crippen molar-refractivity contribution >= 4 is 17.7 Å². The number of aromatic nitrogens is 1. The van der Waals surface area contributed by atoms with E-state index in [2.05, 4.69) is 44.9 Å². The molecule has 2 N–H and O–H groups in total. The van der Waals surface area contributed by atoms with Crippen molar-refractivity contribution in [2.24, 2.45) is 5.92 Å². The maximum absolute atomic E-state index is 13.3. The summed E-state index contributed by atoms with van der Waals surface area (Å²) in [7, 11) is 0. The Labute approximate surface area is 216 Å². The van der Waals surface area contributed by atoms with Crippen molar-refractivity contribution in [2.75, 3.05) is 13.1 Å². The van der Waals surface area contributed by atoms with Crippen LogP contribution in [-0.2, 0) is 14.4 Å². The minimum Gasteiger partial charge on any atom is -0.339 e. The summed E-state index contributed by atoms with van der Waals surface area (Å²) in [5.41, 5.74) is 0.101. The Morgan fingerprint density at radius 3 is 2.19 bits per heavy atom. The van der Waals surface area contributed by atoms with Gasteiger partial charge in [0, 0.05) is 18.3 Å². The number of carbonyl (C=O) groups excluding carboxylic acids is 3. The first-order chi connectivity index (χ1) is 17.3. The highest BCUT2D eigenvalue weighted by Crippen LogP contribution is 2.20. The molecule has 0 saturated carbocycles. The summed E-state index contributed by atoms with van der Waals surface area (Å²) in [5.74, 6) is -3.71. The van der Waals surface area contributed by atoms with Gasteiger partial charge in [-0.25, -0.2) is 4.39 Å². The third-order valence-corrected chi connectivity index (χ3v) is 4.01. The largest absolute Gasteiger partial charge is 0.471 e. The lowest BCUT2D eigenvalue weighted by Crippen LogP contribution is -2.50. The van der Waals surface area contributed by atoms with Gasteiger partial charge in [0.2, 0.25) is 11.8 Å². The first kappa shape index (κ1) is 35.9. The Kier molecular flexibility index (Phi) is 18.4. The summed E-state index contributed by atoms with van der Waals surface area (Å²) in [5, 5.41) is 13.0. The Hall–Kier alpha value is -3.23. The number of nitrogens with one attached hydrogen (secondary N) is 2. The minimum atomic E-state index is -5.12. The molecule has 210 valence electrons. The first-order valence-corrected chi connectivity index (χ1v) is 12.2. The SMILES string of the molecule is CC.CC(C)C.CCC.N#CC(NC(=O)C1CCCN1C(=O)CNC(=O)C(F)(F)F)c1cncc(F)c1. The Balaban J connectivity index is 0. The number of nitrogens with zero attached hydrogens (tertiary/aromatic N) is 3. The van der Waals surface area contributed by atoms with Crippen LogP contribution in [0.2, 0.25) is 0 Å². The molecule has 0 spiro atoms. The summed E-state index contributed by atoms with van der Waals surface area (Å²) in [6.45, 7) is 13.9. The molecule has 2 rings (SSSR count). The number of hydrogen-bond acceptors (Lipinski definition) is 5. The van der Waals surface area contributed by atoms with Gasteiger partial charge in [-0.15, -0.1) is 0 Å². The molecule has 2 unspecified atom stereocenters. The summed E-state index contributed by atoms with van der Waals surface area (Å²) in [6.07, 6.45) is -1.12. The van der Waals surface area contributed by atoms with Crippen molar-refractivity contribution in [1.82, 2.24) is 20.5 Å². The molecule has 1 aromatic rings. The molecule has 0 aliphatic carbocycles. The van der Waals surface area contributed by atoms with Crippen molar-refractivity contribution < 1.29 is 31.9 Å². The molecule has 1 aromatic heterocycles. The van der Waals surface area contributed by atoms with Gasteiger partial charge in [-0.05, 0) is 24.8 Å².